The summed E-state index contributed by atoms with van der Waals surface area (Å²) in [5.41, 5.74) is -0.00815. The van der Waals surface area contributed by atoms with E-state index in [1.807, 2.05) is 0 Å². The lowest BCUT2D eigenvalue weighted by molar-refractivity contribution is -0.140. The van der Waals surface area contributed by atoms with Crippen LogP contribution in [0.3, 0.4) is 0 Å². The first-order chi connectivity index (χ1) is 7.08. The summed E-state index contributed by atoms with van der Waals surface area (Å²) in [6.45, 7) is 5.45. The van der Waals surface area contributed by atoms with Crippen LogP contribution in [0.4, 0.5) is 0 Å². The van der Waals surface area contributed by atoms with Crippen molar-refractivity contribution in [2.45, 2.75) is 20.8 Å². The van der Waals surface area contributed by atoms with E-state index in [9.17, 15) is 9.59 Å². The predicted octanol–water partition coefficient (Wildman–Crippen LogP) is 1.75. The molecule has 0 aliphatic heterocycles. The van der Waals surface area contributed by atoms with Crippen LogP contribution >= 0.6 is 11.8 Å². The van der Waals surface area contributed by atoms with Crippen molar-refractivity contribution in [2.24, 2.45) is 0 Å². The van der Waals surface area contributed by atoms with Crippen LogP contribution in [0, 0.1) is 0 Å². The van der Waals surface area contributed by atoms with Crippen LogP contribution in [-0.2, 0) is 19.1 Å². The largest absolute Gasteiger partial charge is 0.487 e. The first-order valence-electron chi connectivity index (χ1n) is 4.67. The summed E-state index contributed by atoms with van der Waals surface area (Å²) in [6.07, 6.45) is 1.74. The third-order valence-corrected chi connectivity index (χ3v) is 2.19. The van der Waals surface area contributed by atoms with E-state index in [1.54, 1.807) is 20.1 Å². The highest BCUT2D eigenvalue weighted by molar-refractivity contribution is 8.02. The Labute approximate surface area is 94.0 Å². The summed E-state index contributed by atoms with van der Waals surface area (Å²) in [7, 11) is 0. The zero-order valence-corrected chi connectivity index (χ0v) is 10.3. The van der Waals surface area contributed by atoms with Gasteiger partial charge in [0.1, 0.15) is 0 Å². The molecule has 0 aromatic heterocycles. The van der Waals surface area contributed by atoms with Crippen LogP contribution in [0.15, 0.2) is 10.7 Å². The van der Waals surface area contributed by atoms with Gasteiger partial charge in [0.25, 0.3) is 0 Å². The van der Waals surface area contributed by atoms with Crippen molar-refractivity contribution in [3.8, 4) is 0 Å². The van der Waals surface area contributed by atoms with Gasteiger partial charge < -0.3 is 9.47 Å². The highest BCUT2D eigenvalue weighted by atomic mass is 32.2. The molecule has 4 nitrogen and oxygen atoms in total. The van der Waals surface area contributed by atoms with E-state index in [1.165, 1.54) is 18.7 Å². The average Bonchev–Trinajstić information content (AvgIpc) is 2.16. The Balaban J connectivity index is 5.05. The number of rotatable bonds is 6. The van der Waals surface area contributed by atoms with Gasteiger partial charge in [-0.1, -0.05) is 11.8 Å². The zero-order valence-electron chi connectivity index (χ0n) is 9.46. The van der Waals surface area contributed by atoms with Crippen LogP contribution in [-0.4, -0.2) is 31.2 Å². The molecule has 0 aliphatic rings. The van der Waals surface area contributed by atoms with Crippen molar-refractivity contribution >= 4 is 23.5 Å². The Bertz CT molecular complexity index is 271. The van der Waals surface area contributed by atoms with Gasteiger partial charge in [0.15, 0.2) is 16.4 Å². The maximum atomic E-state index is 11.5. The minimum Gasteiger partial charge on any atom is -0.487 e. The summed E-state index contributed by atoms with van der Waals surface area (Å²) in [4.78, 5) is 22.7. The monoisotopic (exact) mass is 232 g/mol. The van der Waals surface area contributed by atoms with Crippen molar-refractivity contribution in [3.05, 3.63) is 10.7 Å². The third kappa shape index (κ3) is 4.38. The van der Waals surface area contributed by atoms with E-state index in [4.69, 9.17) is 9.47 Å². The highest BCUT2D eigenvalue weighted by Crippen LogP contribution is 2.20. The molecule has 0 bridgehead atoms. The Morgan fingerprint density at radius 2 is 1.67 bits per heavy atom. The first kappa shape index (κ1) is 14.0. The maximum absolute atomic E-state index is 11.5. The molecule has 0 aromatic rings. The van der Waals surface area contributed by atoms with Gasteiger partial charge in [0, 0.05) is 0 Å². The van der Waals surface area contributed by atoms with Crippen molar-refractivity contribution in [2.75, 3.05) is 19.5 Å². The van der Waals surface area contributed by atoms with Gasteiger partial charge in [-0.25, -0.2) is 4.79 Å². The third-order valence-electron chi connectivity index (χ3n) is 1.50. The van der Waals surface area contributed by atoms with Gasteiger partial charge in [-0.2, -0.15) is 0 Å². The van der Waals surface area contributed by atoms with E-state index in [0.29, 0.717) is 11.7 Å². The standard InChI is InChI=1S/C10H16O4S/c1-5-13-9(12)8(7(3)11)10(15-4)14-6-2/h5-6H2,1-4H3/b10-8+. The smallest absolute Gasteiger partial charge is 0.346 e. The van der Waals surface area contributed by atoms with E-state index >= 15 is 0 Å². The Hall–Kier alpha value is -0.970. The molecule has 5 heteroatoms. The molecule has 0 fully saturated rings. The van der Waals surface area contributed by atoms with Crippen molar-refractivity contribution in [1.82, 2.24) is 0 Å². The molecule has 0 unspecified atom stereocenters. The fraction of sp³-hybridized carbons (Fsp3) is 0.600. The molecule has 0 saturated heterocycles. The van der Waals surface area contributed by atoms with Gasteiger partial charge in [-0.05, 0) is 27.0 Å². The predicted molar refractivity (Wildman–Crippen MR) is 59.5 cm³/mol. The van der Waals surface area contributed by atoms with Crippen LogP contribution in [0.5, 0.6) is 0 Å². The molecule has 0 radical (unpaired) electrons. The molecule has 15 heavy (non-hydrogen) atoms. The number of carbonyl (C=O) groups is 2. The number of Topliss-reactive ketones (excluding diaryl/α,β-unsaturated/α-hetero) is 1. The molecule has 0 atom stereocenters. The molecule has 0 amide bonds. The Morgan fingerprint density at radius 3 is 2.00 bits per heavy atom. The molecule has 0 N–H and O–H groups in total. The van der Waals surface area contributed by atoms with Gasteiger partial charge in [-0.3, -0.25) is 4.79 Å². The van der Waals surface area contributed by atoms with Gasteiger partial charge in [-0.15, -0.1) is 0 Å². The van der Waals surface area contributed by atoms with Gasteiger partial charge >= 0.3 is 5.97 Å². The molecular formula is C10H16O4S. The highest BCUT2D eigenvalue weighted by Gasteiger charge is 2.22. The molecule has 0 aliphatic carbocycles. The number of hydrogen-bond acceptors (Lipinski definition) is 5. The van der Waals surface area contributed by atoms with Crippen LogP contribution < -0.4 is 0 Å². The van der Waals surface area contributed by atoms with E-state index in [0.717, 1.165) is 0 Å². The number of hydrogen-bond donors (Lipinski definition) is 0. The number of ketones is 1. The van der Waals surface area contributed by atoms with Gasteiger partial charge in [0.05, 0.1) is 13.2 Å². The maximum Gasteiger partial charge on any atom is 0.346 e. The van der Waals surface area contributed by atoms with E-state index in [2.05, 4.69) is 0 Å². The summed E-state index contributed by atoms with van der Waals surface area (Å²) >= 11 is 1.22. The van der Waals surface area contributed by atoms with Crippen LogP contribution in [0.1, 0.15) is 20.8 Å². The minimum absolute atomic E-state index is 0.00815. The molecule has 0 aromatic carbocycles. The normalized spacial score (nSPS) is 11.7. The molecular weight excluding hydrogens is 216 g/mol. The fourth-order valence-corrected chi connectivity index (χ4v) is 1.61. The number of thioether (sulfide) groups is 1. The SMILES string of the molecule is CCOC(=O)/C(C(C)=O)=C(\OCC)SC. The molecule has 86 valence electrons. The number of ether oxygens (including phenoxy) is 2. The lowest BCUT2D eigenvalue weighted by atomic mass is 10.2. The quantitative estimate of drug-likeness (QED) is 0.229. The summed E-state index contributed by atoms with van der Waals surface area (Å²) in [6, 6.07) is 0. The molecule has 0 saturated carbocycles. The average molecular weight is 232 g/mol. The molecule has 0 rings (SSSR count). The Morgan fingerprint density at radius 1 is 1.13 bits per heavy atom. The first-order valence-corrected chi connectivity index (χ1v) is 5.90. The number of carbonyl (C=O) groups excluding carboxylic acids is 2. The second-order valence-corrected chi connectivity index (χ2v) is 3.36. The van der Waals surface area contributed by atoms with Crippen molar-refractivity contribution in [3.63, 3.8) is 0 Å². The Kier molecular flexibility index (Phi) is 6.86. The lowest BCUT2D eigenvalue weighted by Crippen LogP contribution is -2.16. The van der Waals surface area contributed by atoms with Crippen molar-refractivity contribution in [1.29, 1.82) is 0 Å². The van der Waals surface area contributed by atoms with Crippen LogP contribution in [0.25, 0.3) is 0 Å². The second-order valence-electron chi connectivity index (χ2n) is 2.58. The minimum atomic E-state index is -0.622. The van der Waals surface area contributed by atoms with E-state index in [-0.39, 0.29) is 18.0 Å². The summed E-state index contributed by atoms with van der Waals surface area (Å²) in [5, 5.41) is 0.323. The van der Waals surface area contributed by atoms with Crippen molar-refractivity contribution < 1.29 is 19.1 Å². The second kappa shape index (κ2) is 7.34. The van der Waals surface area contributed by atoms with E-state index < -0.39 is 5.97 Å². The lowest BCUT2D eigenvalue weighted by Gasteiger charge is -2.10. The summed E-state index contributed by atoms with van der Waals surface area (Å²) in [5.74, 6) is -0.964. The molecule has 0 spiro atoms. The fourth-order valence-electron chi connectivity index (χ4n) is 0.938. The number of esters is 1. The molecule has 0 heterocycles. The zero-order chi connectivity index (χ0) is 11.8. The summed E-state index contributed by atoms with van der Waals surface area (Å²) < 4.78 is 9.99. The topological polar surface area (TPSA) is 52.6 Å². The van der Waals surface area contributed by atoms with Crippen LogP contribution in [0.2, 0.25) is 0 Å². The van der Waals surface area contributed by atoms with Gasteiger partial charge in [0.2, 0.25) is 0 Å².